The summed E-state index contributed by atoms with van der Waals surface area (Å²) in [5.74, 6) is -0.0429. The van der Waals surface area contributed by atoms with E-state index in [2.05, 4.69) is 16.8 Å². The van der Waals surface area contributed by atoms with Crippen molar-refractivity contribution in [3.63, 3.8) is 0 Å². The molecular formula is C16H17NO2S2. The van der Waals surface area contributed by atoms with Crippen molar-refractivity contribution in [1.82, 2.24) is 5.32 Å². The number of ether oxygens (including phenoxy) is 1. The molecule has 1 aliphatic rings. The van der Waals surface area contributed by atoms with E-state index in [9.17, 15) is 4.79 Å². The number of nitrogens with one attached hydrogen (secondary N) is 1. The number of rotatable bonds is 4. The minimum atomic E-state index is -0.275. The van der Waals surface area contributed by atoms with E-state index in [1.807, 2.05) is 29.7 Å². The second-order valence-corrected chi connectivity index (χ2v) is 6.94. The summed E-state index contributed by atoms with van der Waals surface area (Å²) in [6, 6.07) is 8.11. The summed E-state index contributed by atoms with van der Waals surface area (Å²) in [6.45, 7) is 1.37. The molecule has 1 saturated heterocycles. The Morgan fingerprint density at radius 1 is 1.19 bits per heavy atom. The Morgan fingerprint density at radius 3 is 2.62 bits per heavy atom. The van der Waals surface area contributed by atoms with Crippen molar-refractivity contribution in [2.45, 2.75) is 18.4 Å². The van der Waals surface area contributed by atoms with Crippen molar-refractivity contribution in [3.8, 4) is 0 Å². The van der Waals surface area contributed by atoms with Crippen LogP contribution in [0.4, 0.5) is 0 Å². The lowest BCUT2D eigenvalue weighted by atomic mass is 9.88. The maximum absolute atomic E-state index is 12.3. The van der Waals surface area contributed by atoms with E-state index in [4.69, 9.17) is 4.74 Å². The Kier molecular flexibility index (Phi) is 4.53. The molecule has 0 spiro atoms. The first-order valence-corrected chi connectivity index (χ1v) is 8.70. The molecule has 0 aliphatic carbocycles. The largest absolute Gasteiger partial charge is 0.381 e. The molecule has 0 bridgehead atoms. The third-order valence-corrected chi connectivity index (χ3v) is 5.56. The summed E-state index contributed by atoms with van der Waals surface area (Å²) in [7, 11) is 0. The molecule has 21 heavy (non-hydrogen) atoms. The van der Waals surface area contributed by atoms with Crippen LogP contribution in [-0.4, -0.2) is 19.1 Å². The highest BCUT2D eigenvalue weighted by molar-refractivity contribution is 7.10. The van der Waals surface area contributed by atoms with Crippen LogP contribution in [0.1, 0.15) is 22.6 Å². The lowest BCUT2D eigenvalue weighted by Crippen LogP contribution is -2.48. The highest BCUT2D eigenvalue weighted by atomic mass is 32.1. The molecule has 5 heteroatoms. The summed E-state index contributed by atoms with van der Waals surface area (Å²) in [5, 5.41) is 7.27. The molecule has 1 fully saturated rings. The first-order valence-electron chi connectivity index (χ1n) is 6.94. The highest BCUT2D eigenvalue weighted by Crippen LogP contribution is 2.35. The van der Waals surface area contributed by atoms with Gasteiger partial charge in [0, 0.05) is 29.0 Å². The smallest absolute Gasteiger partial charge is 0.244 e. The maximum Gasteiger partial charge on any atom is 0.244 e. The quantitative estimate of drug-likeness (QED) is 0.874. The summed E-state index contributed by atoms with van der Waals surface area (Å²) in [5.41, 5.74) is -0.275. The fraction of sp³-hybridized carbons (Fsp3) is 0.312. The molecule has 2 aromatic heterocycles. The number of hydrogen-bond donors (Lipinski definition) is 1. The first kappa shape index (κ1) is 14.5. The fourth-order valence-electron chi connectivity index (χ4n) is 2.53. The molecule has 0 radical (unpaired) electrons. The monoisotopic (exact) mass is 319 g/mol. The first-order chi connectivity index (χ1) is 10.3. The van der Waals surface area contributed by atoms with E-state index in [0.717, 1.165) is 17.7 Å². The van der Waals surface area contributed by atoms with Crippen molar-refractivity contribution in [3.05, 3.63) is 50.9 Å². The van der Waals surface area contributed by atoms with E-state index in [1.165, 1.54) is 4.88 Å². The van der Waals surface area contributed by atoms with Gasteiger partial charge in [0.2, 0.25) is 5.91 Å². The Balaban J connectivity index is 1.74. The average molecular weight is 319 g/mol. The molecule has 2 aromatic rings. The lowest BCUT2D eigenvalue weighted by molar-refractivity contribution is -0.119. The lowest BCUT2D eigenvalue weighted by Gasteiger charge is -2.37. The van der Waals surface area contributed by atoms with E-state index < -0.39 is 0 Å². The third-order valence-electron chi connectivity index (χ3n) is 3.64. The summed E-state index contributed by atoms with van der Waals surface area (Å²) in [6.07, 6.45) is 5.14. The zero-order valence-corrected chi connectivity index (χ0v) is 13.2. The molecule has 1 N–H and O–H groups in total. The minimum Gasteiger partial charge on any atom is -0.381 e. The normalized spacial score (nSPS) is 17.9. The van der Waals surface area contributed by atoms with E-state index in [1.54, 1.807) is 28.7 Å². The molecule has 110 valence electrons. The van der Waals surface area contributed by atoms with Crippen LogP contribution in [0.25, 0.3) is 6.08 Å². The molecule has 0 atom stereocenters. The molecule has 0 aromatic carbocycles. The molecule has 3 nitrogen and oxygen atoms in total. The number of carbonyl (C=O) groups is 1. The van der Waals surface area contributed by atoms with Crippen LogP contribution in [0.5, 0.6) is 0 Å². The zero-order chi connectivity index (χ0) is 14.5. The van der Waals surface area contributed by atoms with Crippen LogP contribution < -0.4 is 5.32 Å². The number of thiophene rings is 2. The van der Waals surface area contributed by atoms with Gasteiger partial charge in [-0.2, -0.15) is 0 Å². The molecule has 3 heterocycles. The number of carbonyl (C=O) groups excluding carboxylic acids is 1. The van der Waals surface area contributed by atoms with Crippen molar-refractivity contribution in [2.75, 3.05) is 13.2 Å². The Hall–Kier alpha value is -1.43. The van der Waals surface area contributed by atoms with Crippen LogP contribution in [0.15, 0.2) is 41.1 Å². The van der Waals surface area contributed by atoms with Gasteiger partial charge in [-0.3, -0.25) is 4.79 Å². The van der Waals surface area contributed by atoms with Gasteiger partial charge in [-0.05, 0) is 41.8 Å². The van der Waals surface area contributed by atoms with Crippen molar-refractivity contribution < 1.29 is 9.53 Å². The molecular weight excluding hydrogens is 302 g/mol. The summed E-state index contributed by atoms with van der Waals surface area (Å²) < 4.78 is 5.46. The molecule has 1 aliphatic heterocycles. The van der Waals surface area contributed by atoms with Crippen LogP contribution in [0.2, 0.25) is 0 Å². The zero-order valence-electron chi connectivity index (χ0n) is 11.6. The van der Waals surface area contributed by atoms with Crippen molar-refractivity contribution in [2.24, 2.45) is 0 Å². The van der Waals surface area contributed by atoms with Crippen LogP contribution in [0, 0.1) is 0 Å². The van der Waals surface area contributed by atoms with Gasteiger partial charge in [-0.1, -0.05) is 12.1 Å². The van der Waals surface area contributed by atoms with Gasteiger partial charge in [0.05, 0.1) is 5.54 Å². The molecule has 0 unspecified atom stereocenters. The van der Waals surface area contributed by atoms with Crippen LogP contribution in [0.3, 0.4) is 0 Å². The maximum atomic E-state index is 12.3. The summed E-state index contributed by atoms with van der Waals surface area (Å²) in [4.78, 5) is 14.6. The van der Waals surface area contributed by atoms with E-state index in [-0.39, 0.29) is 11.4 Å². The summed E-state index contributed by atoms with van der Waals surface area (Å²) >= 11 is 3.32. The van der Waals surface area contributed by atoms with Gasteiger partial charge in [0.15, 0.2) is 0 Å². The highest BCUT2D eigenvalue weighted by Gasteiger charge is 2.36. The Bertz CT molecular complexity index is 596. The van der Waals surface area contributed by atoms with Crippen molar-refractivity contribution >= 4 is 34.7 Å². The second-order valence-electron chi connectivity index (χ2n) is 5.01. The number of amides is 1. The van der Waals surface area contributed by atoms with Gasteiger partial charge in [0.25, 0.3) is 0 Å². The molecule has 1 amide bonds. The van der Waals surface area contributed by atoms with E-state index in [0.29, 0.717) is 13.2 Å². The predicted octanol–water partition coefficient (Wildman–Crippen LogP) is 3.64. The molecule has 0 saturated carbocycles. The van der Waals surface area contributed by atoms with Gasteiger partial charge >= 0.3 is 0 Å². The third kappa shape index (κ3) is 3.43. The van der Waals surface area contributed by atoms with Crippen molar-refractivity contribution in [1.29, 1.82) is 0 Å². The number of hydrogen-bond acceptors (Lipinski definition) is 4. The van der Waals surface area contributed by atoms with Gasteiger partial charge in [0.1, 0.15) is 0 Å². The second kappa shape index (κ2) is 6.56. The Labute approximate surface area is 132 Å². The Morgan fingerprint density at radius 2 is 1.95 bits per heavy atom. The predicted molar refractivity (Wildman–Crippen MR) is 87.5 cm³/mol. The topological polar surface area (TPSA) is 38.3 Å². The fourth-order valence-corrected chi connectivity index (χ4v) is 4.08. The van der Waals surface area contributed by atoms with E-state index >= 15 is 0 Å². The molecule has 3 rings (SSSR count). The van der Waals surface area contributed by atoms with Crippen LogP contribution >= 0.6 is 22.7 Å². The van der Waals surface area contributed by atoms with Gasteiger partial charge < -0.3 is 10.1 Å². The van der Waals surface area contributed by atoms with Gasteiger partial charge in [-0.25, -0.2) is 0 Å². The van der Waals surface area contributed by atoms with Crippen LogP contribution in [-0.2, 0) is 15.1 Å². The minimum absolute atomic E-state index is 0.0429. The van der Waals surface area contributed by atoms with Gasteiger partial charge in [-0.15, -0.1) is 22.7 Å². The SMILES string of the molecule is O=C(C=Cc1cccs1)NC1(c2cccs2)CCOCC1. The average Bonchev–Trinajstić information content (AvgIpc) is 3.20. The standard InChI is InChI=1S/C16H17NO2S2/c18-15(6-5-13-3-1-11-20-13)17-16(7-9-19-10-8-16)14-4-2-12-21-14/h1-6,11-12H,7-10H2,(H,17,18).